The van der Waals surface area contributed by atoms with E-state index in [4.69, 9.17) is 66.8 Å². The van der Waals surface area contributed by atoms with Gasteiger partial charge in [-0.2, -0.15) is 0 Å². The van der Waals surface area contributed by atoms with Gasteiger partial charge in [-0.05, 0) is 125 Å². The number of Topliss-reactive ketones (excluding diaryl/α,β-unsaturated/α-hetero) is 1. The van der Waals surface area contributed by atoms with Crippen LogP contribution in [0.4, 0.5) is 5.69 Å². The van der Waals surface area contributed by atoms with Crippen LogP contribution in [0.25, 0.3) is 22.9 Å². The Bertz CT molecular complexity index is 2640. The fourth-order valence-corrected chi connectivity index (χ4v) is 7.52. The Kier molecular flexibility index (Phi) is 36.1. The Morgan fingerprint density at radius 2 is 0.900 bits per heavy atom. The summed E-state index contributed by atoms with van der Waals surface area (Å²) in [6, 6.07) is 14.4. The van der Waals surface area contributed by atoms with Crippen molar-refractivity contribution in [2.75, 3.05) is 111 Å². The molecule has 5 rings (SSSR count). The summed E-state index contributed by atoms with van der Waals surface area (Å²) in [6.45, 7) is 30.6. The molecular formula is C63H98N8O19. The molecule has 0 unspecified atom stereocenters. The quantitative estimate of drug-likeness (QED) is 0.0320. The van der Waals surface area contributed by atoms with E-state index in [0.717, 1.165) is 16.7 Å². The van der Waals surface area contributed by atoms with Gasteiger partial charge in [-0.1, -0.05) is 12.1 Å². The van der Waals surface area contributed by atoms with E-state index in [1.807, 2.05) is 107 Å². The number of nitrogens with one attached hydrogen (secondary N) is 2. The minimum atomic E-state index is -0.816. The van der Waals surface area contributed by atoms with Gasteiger partial charge in [0.1, 0.15) is 13.2 Å². The van der Waals surface area contributed by atoms with Crippen LogP contribution in [0.1, 0.15) is 113 Å². The average Bonchev–Trinajstić information content (AvgIpc) is 3.23. The average molecular weight is 1270 g/mol. The highest BCUT2D eigenvalue weighted by atomic mass is 16.7. The van der Waals surface area contributed by atoms with Crippen molar-refractivity contribution in [3.63, 3.8) is 0 Å². The molecule has 2 aromatic carbocycles. The van der Waals surface area contributed by atoms with E-state index in [1.165, 1.54) is 0 Å². The highest BCUT2D eigenvalue weighted by Gasteiger charge is 2.36. The molecule has 4 aromatic rings. The largest absolute Gasteiger partial charge is 0.421 e. The van der Waals surface area contributed by atoms with Gasteiger partial charge in [0.2, 0.25) is 35.4 Å². The molecule has 4 amide bonds. The maximum absolute atomic E-state index is 12.3. The van der Waals surface area contributed by atoms with Gasteiger partial charge >= 0.3 is 5.97 Å². The molecule has 0 spiro atoms. The SMILES string of the molecule is CC(C)OCC(COCCOCC(=O)ON1C(=O)CCC1=O)(COC(C)C)COC(C)C.Cc1nnc(-c2ccc(CC(=O)CNC(=O)COCCOCC(COC(C)C)(COC(C)C)COC(C)C)cc2)o1.Cc1nnc(-c2ccc(NC(=O)CN)cc2)o1. The fourth-order valence-electron chi connectivity index (χ4n) is 7.52. The van der Waals surface area contributed by atoms with Crippen molar-refractivity contribution in [1.29, 1.82) is 0 Å². The van der Waals surface area contributed by atoms with Crippen LogP contribution in [0.3, 0.4) is 0 Å². The Morgan fingerprint density at radius 1 is 0.522 bits per heavy atom. The first-order chi connectivity index (χ1) is 42.7. The van der Waals surface area contributed by atoms with Crippen molar-refractivity contribution < 1.29 is 89.8 Å². The first kappa shape index (κ1) is 77.7. The number of ether oxygens (including phenoxy) is 10. The Balaban J connectivity index is 0.000000381. The number of carbonyl (C=O) groups excluding carboxylic acids is 6. The molecule has 1 aliphatic rings. The van der Waals surface area contributed by atoms with Crippen molar-refractivity contribution in [3.8, 4) is 22.9 Å². The van der Waals surface area contributed by atoms with Crippen molar-refractivity contribution in [1.82, 2.24) is 30.8 Å². The molecule has 27 nitrogen and oxygen atoms in total. The van der Waals surface area contributed by atoms with Gasteiger partial charge in [0.05, 0.1) is 140 Å². The third-order valence-electron chi connectivity index (χ3n) is 12.3. The summed E-state index contributed by atoms with van der Waals surface area (Å²) in [5, 5.41) is 21.2. The molecule has 0 aliphatic carbocycles. The lowest BCUT2D eigenvalue weighted by atomic mass is 9.92. The first-order valence-electron chi connectivity index (χ1n) is 30.4. The molecule has 0 bridgehead atoms. The predicted octanol–water partition coefficient (Wildman–Crippen LogP) is 6.40. The minimum Gasteiger partial charge on any atom is -0.421 e. The molecule has 0 saturated carbocycles. The molecule has 3 heterocycles. The van der Waals surface area contributed by atoms with Gasteiger partial charge in [0.25, 0.3) is 11.8 Å². The van der Waals surface area contributed by atoms with Crippen LogP contribution < -0.4 is 16.4 Å². The number of hydrogen-bond acceptors (Lipinski definition) is 24. The highest BCUT2D eigenvalue weighted by Crippen LogP contribution is 2.26. The van der Waals surface area contributed by atoms with Gasteiger partial charge < -0.3 is 77.4 Å². The zero-order valence-corrected chi connectivity index (χ0v) is 55.1. The number of aryl methyl sites for hydroxylation is 2. The van der Waals surface area contributed by atoms with Crippen LogP contribution >= 0.6 is 0 Å². The van der Waals surface area contributed by atoms with Crippen molar-refractivity contribution in [3.05, 3.63) is 65.9 Å². The summed E-state index contributed by atoms with van der Waals surface area (Å²) in [5.74, 6) is -0.697. The molecule has 4 N–H and O–H groups in total. The van der Waals surface area contributed by atoms with E-state index < -0.39 is 35.2 Å². The number of ketones is 1. The second kappa shape index (κ2) is 41.8. The summed E-state index contributed by atoms with van der Waals surface area (Å²) in [6.07, 6.45) is 0.635. The second-order valence-electron chi connectivity index (χ2n) is 23.2. The molecule has 1 fully saturated rings. The highest BCUT2D eigenvalue weighted by molar-refractivity contribution is 6.01. The van der Waals surface area contributed by atoms with Crippen LogP contribution in [0.2, 0.25) is 0 Å². The molecule has 1 aliphatic heterocycles. The van der Waals surface area contributed by atoms with Gasteiger partial charge in [-0.3, -0.25) is 24.0 Å². The fraction of sp³-hybridized carbons (Fsp3) is 0.651. The van der Waals surface area contributed by atoms with Gasteiger partial charge in [-0.25, -0.2) is 4.79 Å². The van der Waals surface area contributed by atoms with E-state index in [9.17, 15) is 28.8 Å². The molecule has 0 atom stereocenters. The number of nitrogens with two attached hydrogens (primary N) is 1. The summed E-state index contributed by atoms with van der Waals surface area (Å²) < 4.78 is 68.5. The summed E-state index contributed by atoms with van der Waals surface area (Å²) >= 11 is 0. The van der Waals surface area contributed by atoms with Crippen LogP contribution in [-0.4, -0.2) is 203 Å². The first-order valence-corrected chi connectivity index (χ1v) is 30.4. The molecule has 27 heteroatoms. The number of amides is 4. The van der Waals surface area contributed by atoms with Gasteiger partial charge in [0.15, 0.2) is 5.78 Å². The van der Waals surface area contributed by atoms with Crippen molar-refractivity contribution in [2.24, 2.45) is 16.6 Å². The third kappa shape index (κ3) is 32.5. The number of rotatable bonds is 41. The predicted molar refractivity (Wildman–Crippen MR) is 330 cm³/mol. The number of benzene rings is 2. The van der Waals surface area contributed by atoms with Crippen LogP contribution in [-0.2, 0) is 87.4 Å². The lowest BCUT2D eigenvalue weighted by Gasteiger charge is -2.35. The summed E-state index contributed by atoms with van der Waals surface area (Å²) in [4.78, 5) is 74.9. The Morgan fingerprint density at radius 3 is 1.27 bits per heavy atom. The number of anilines is 1. The molecular weight excluding hydrogens is 1170 g/mol. The van der Waals surface area contributed by atoms with Crippen molar-refractivity contribution >= 4 is 41.1 Å². The summed E-state index contributed by atoms with van der Waals surface area (Å²) in [5.41, 5.74) is 7.32. The maximum atomic E-state index is 12.3. The smallest absolute Gasteiger partial charge is 0.358 e. The van der Waals surface area contributed by atoms with E-state index in [-0.39, 0.29) is 120 Å². The van der Waals surface area contributed by atoms with E-state index in [1.54, 1.807) is 38.1 Å². The van der Waals surface area contributed by atoms with Crippen LogP contribution in [0.15, 0.2) is 57.4 Å². The van der Waals surface area contributed by atoms with E-state index >= 15 is 0 Å². The van der Waals surface area contributed by atoms with Crippen LogP contribution in [0, 0.1) is 24.7 Å². The van der Waals surface area contributed by atoms with Crippen LogP contribution in [0.5, 0.6) is 0 Å². The molecule has 2 aromatic heterocycles. The number of imide groups is 1. The van der Waals surface area contributed by atoms with Gasteiger partial charge in [-0.15, -0.1) is 25.5 Å². The number of nitrogens with zero attached hydrogens (tertiary/aromatic N) is 5. The lowest BCUT2D eigenvalue weighted by Crippen LogP contribution is -2.43. The van der Waals surface area contributed by atoms with E-state index in [2.05, 4.69) is 31.0 Å². The number of hydroxylamine groups is 2. The van der Waals surface area contributed by atoms with Crippen molar-refractivity contribution in [2.45, 2.75) is 153 Å². The standard InChI is InChI=1S/C30H47N3O8.C22H39NO9.C11H12N4O2/c1-21(2)38-18-30(19-39-22(3)4,20-40-23(5)6)17-37-13-12-36-16-28(35)31-15-27(34)14-25-8-10-26(11-9-25)29-33-32-24(7)41-29;1-16(2)29-13-22(14-30-17(3)4,15-31-18(5)6)12-28-10-9-27-11-21(26)32-23-19(24)7-8-20(23)25;1-7-14-15-11(17-7)8-2-4-9(5-3-8)13-10(16)6-12/h8-11,21-23H,12-20H2,1-7H3,(H,31,35);16-18H,7-15H2,1-6H3;2-5H,6,12H2,1H3,(H,13,16). The normalized spacial score (nSPS) is 12.7. The minimum absolute atomic E-state index is 0.0371. The molecule has 1 saturated heterocycles. The number of hydrogen-bond donors (Lipinski definition) is 3. The monoisotopic (exact) mass is 1270 g/mol. The zero-order valence-electron chi connectivity index (χ0n) is 55.1. The summed E-state index contributed by atoms with van der Waals surface area (Å²) in [7, 11) is 0. The maximum Gasteiger partial charge on any atom is 0.358 e. The van der Waals surface area contributed by atoms with E-state index in [0.29, 0.717) is 87.2 Å². The Hall–Kier alpha value is -6.50. The molecule has 90 heavy (non-hydrogen) atoms. The zero-order chi connectivity index (χ0) is 66.7. The Labute approximate surface area is 529 Å². The molecule has 0 radical (unpaired) electrons. The number of carbonyl (C=O) groups is 6. The topological polar surface area (TPSA) is 335 Å². The lowest BCUT2D eigenvalue weighted by molar-refractivity contribution is -0.200. The molecule has 504 valence electrons. The van der Waals surface area contributed by atoms with Gasteiger partial charge in [0, 0.05) is 49.9 Å². The third-order valence-corrected chi connectivity index (χ3v) is 12.3. The second-order valence-corrected chi connectivity index (χ2v) is 23.2. The number of aromatic nitrogens is 4.